The number of aryl methyl sites for hydroxylation is 1. The summed E-state index contributed by atoms with van der Waals surface area (Å²) in [6.07, 6.45) is 2.55. The maximum atomic E-state index is 11.9. The summed E-state index contributed by atoms with van der Waals surface area (Å²) in [6.45, 7) is 4.37. The predicted octanol–water partition coefficient (Wildman–Crippen LogP) is 1.62. The summed E-state index contributed by atoms with van der Waals surface area (Å²) in [6, 6.07) is 2.64. The summed E-state index contributed by atoms with van der Waals surface area (Å²) in [5.74, 6) is 1.39. The molecular formula is C14H21N3O3. The minimum absolute atomic E-state index is 0.112. The molecule has 3 N–H and O–H groups in total. The van der Waals surface area contributed by atoms with Gasteiger partial charge in [-0.15, -0.1) is 0 Å². The molecule has 1 saturated heterocycles. The second-order valence-corrected chi connectivity index (χ2v) is 5.13. The van der Waals surface area contributed by atoms with Gasteiger partial charge in [0.15, 0.2) is 0 Å². The highest BCUT2D eigenvalue weighted by Gasteiger charge is 2.23. The van der Waals surface area contributed by atoms with Crippen molar-refractivity contribution in [2.45, 2.75) is 45.2 Å². The van der Waals surface area contributed by atoms with Gasteiger partial charge in [-0.05, 0) is 45.2 Å². The molecule has 0 aliphatic carbocycles. The van der Waals surface area contributed by atoms with Crippen LogP contribution in [0.4, 0.5) is 4.79 Å². The lowest BCUT2D eigenvalue weighted by molar-refractivity contribution is -0.122. The Morgan fingerprint density at radius 2 is 2.25 bits per heavy atom. The molecule has 2 heterocycles. The molecule has 0 saturated carbocycles. The van der Waals surface area contributed by atoms with Crippen molar-refractivity contribution in [1.82, 2.24) is 16.0 Å². The quantitative estimate of drug-likeness (QED) is 0.786. The lowest BCUT2D eigenvalue weighted by atomic mass is 10.1. The van der Waals surface area contributed by atoms with Gasteiger partial charge >= 0.3 is 6.03 Å². The monoisotopic (exact) mass is 279 g/mol. The van der Waals surface area contributed by atoms with Crippen LogP contribution < -0.4 is 16.0 Å². The summed E-state index contributed by atoms with van der Waals surface area (Å²) in [5, 5.41) is 8.27. The van der Waals surface area contributed by atoms with Gasteiger partial charge in [0.2, 0.25) is 5.91 Å². The molecule has 0 radical (unpaired) electrons. The van der Waals surface area contributed by atoms with Gasteiger partial charge < -0.3 is 20.4 Å². The molecule has 1 aliphatic heterocycles. The van der Waals surface area contributed by atoms with Crippen LogP contribution in [0.5, 0.6) is 0 Å². The molecule has 0 unspecified atom stereocenters. The fourth-order valence-corrected chi connectivity index (χ4v) is 2.23. The molecule has 2 rings (SSSR count). The van der Waals surface area contributed by atoms with Crippen molar-refractivity contribution in [3.05, 3.63) is 23.7 Å². The van der Waals surface area contributed by atoms with Gasteiger partial charge in [-0.25, -0.2) is 4.79 Å². The molecule has 0 aromatic carbocycles. The highest BCUT2D eigenvalue weighted by atomic mass is 16.3. The molecule has 6 heteroatoms. The topological polar surface area (TPSA) is 83.4 Å². The molecule has 0 spiro atoms. The molecule has 1 aromatic heterocycles. The number of urea groups is 1. The minimum Gasteiger partial charge on any atom is -0.464 e. The van der Waals surface area contributed by atoms with Crippen molar-refractivity contribution in [3.8, 4) is 0 Å². The van der Waals surface area contributed by atoms with E-state index in [4.69, 9.17) is 4.42 Å². The zero-order valence-corrected chi connectivity index (χ0v) is 11.9. The number of carbonyl (C=O) groups excluding carboxylic acids is 2. The van der Waals surface area contributed by atoms with E-state index in [-0.39, 0.29) is 18.0 Å². The van der Waals surface area contributed by atoms with Crippen LogP contribution in [0, 0.1) is 6.92 Å². The lowest BCUT2D eigenvalue weighted by Crippen LogP contribution is -2.49. The average molecular weight is 279 g/mol. The van der Waals surface area contributed by atoms with Crippen LogP contribution in [-0.4, -0.2) is 24.5 Å². The third-order valence-corrected chi connectivity index (χ3v) is 3.38. The van der Waals surface area contributed by atoms with E-state index in [9.17, 15) is 9.59 Å². The SMILES string of the molecule is Cc1ccc([C@H](C)NC(=O)N[C@@H]2CCCCNC2=O)o1. The third-order valence-electron chi connectivity index (χ3n) is 3.38. The van der Waals surface area contributed by atoms with Crippen LogP contribution in [0.15, 0.2) is 16.5 Å². The maximum Gasteiger partial charge on any atom is 0.316 e. The Morgan fingerprint density at radius 1 is 1.45 bits per heavy atom. The van der Waals surface area contributed by atoms with Crippen molar-refractivity contribution < 1.29 is 14.0 Å². The first-order chi connectivity index (χ1) is 9.56. The Hall–Kier alpha value is -1.98. The van der Waals surface area contributed by atoms with E-state index >= 15 is 0 Å². The molecule has 1 aliphatic rings. The smallest absolute Gasteiger partial charge is 0.316 e. The second-order valence-electron chi connectivity index (χ2n) is 5.13. The number of rotatable bonds is 3. The highest BCUT2D eigenvalue weighted by Crippen LogP contribution is 2.15. The average Bonchev–Trinajstić information content (AvgIpc) is 2.73. The Kier molecular flexibility index (Phi) is 4.65. The Bertz CT molecular complexity index is 484. The van der Waals surface area contributed by atoms with Crippen LogP contribution in [0.25, 0.3) is 0 Å². The Balaban J connectivity index is 1.86. The highest BCUT2D eigenvalue weighted by molar-refractivity contribution is 5.87. The van der Waals surface area contributed by atoms with Crippen LogP contribution >= 0.6 is 0 Å². The van der Waals surface area contributed by atoms with Crippen LogP contribution in [-0.2, 0) is 4.79 Å². The summed E-state index contributed by atoms with van der Waals surface area (Å²) >= 11 is 0. The summed E-state index contributed by atoms with van der Waals surface area (Å²) in [4.78, 5) is 23.7. The van der Waals surface area contributed by atoms with Gasteiger partial charge in [0, 0.05) is 6.54 Å². The zero-order valence-electron chi connectivity index (χ0n) is 11.9. The summed E-state index contributed by atoms with van der Waals surface area (Å²) in [5.41, 5.74) is 0. The fourth-order valence-electron chi connectivity index (χ4n) is 2.23. The Morgan fingerprint density at radius 3 is 2.95 bits per heavy atom. The molecule has 20 heavy (non-hydrogen) atoms. The third kappa shape index (κ3) is 3.76. The molecule has 0 bridgehead atoms. The van der Waals surface area contributed by atoms with Crippen LogP contribution in [0.1, 0.15) is 43.7 Å². The van der Waals surface area contributed by atoms with Gasteiger partial charge in [-0.2, -0.15) is 0 Å². The van der Waals surface area contributed by atoms with Crippen molar-refractivity contribution in [3.63, 3.8) is 0 Å². The Labute approximate surface area is 118 Å². The molecule has 110 valence electrons. The molecule has 3 amide bonds. The first kappa shape index (κ1) is 14.4. The number of amides is 3. The number of nitrogens with one attached hydrogen (secondary N) is 3. The van der Waals surface area contributed by atoms with Gasteiger partial charge in [0.05, 0.1) is 6.04 Å². The number of carbonyl (C=O) groups is 2. The molecule has 1 fully saturated rings. The minimum atomic E-state index is -0.456. The van der Waals surface area contributed by atoms with Gasteiger partial charge in [-0.1, -0.05) is 0 Å². The first-order valence-corrected chi connectivity index (χ1v) is 6.97. The van der Waals surface area contributed by atoms with E-state index in [0.717, 1.165) is 18.6 Å². The van der Waals surface area contributed by atoms with Crippen molar-refractivity contribution in [2.24, 2.45) is 0 Å². The predicted molar refractivity (Wildman–Crippen MR) is 74.2 cm³/mol. The van der Waals surface area contributed by atoms with Crippen molar-refractivity contribution in [2.75, 3.05) is 6.54 Å². The van der Waals surface area contributed by atoms with Crippen LogP contribution in [0.3, 0.4) is 0 Å². The van der Waals surface area contributed by atoms with Gasteiger partial charge in [0.1, 0.15) is 17.6 Å². The maximum absolute atomic E-state index is 11.9. The van der Waals surface area contributed by atoms with E-state index in [0.29, 0.717) is 18.7 Å². The van der Waals surface area contributed by atoms with E-state index in [2.05, 4.69) is 16.0 Å². The van der Waals surface area contributed by atoms with Crippen molar-refractivity contribution >= 4 is 11.9 Å². The number of hydrogen-bond donors (Lipinski definition) is 3. The first-order valence-electron chi connectivity index (χ1n) is 6.97. The summed E-state index contributed by atoms with van der Waals surface area (Å²) in [7, 11) is 0. The largest absolute Gasteiger partial charge is 0.464 e. The van der Waals surface area contributed by atoms with E-state index < -0.39 is 6.04 Å². The van der Waals surface area contributed by atoms with E-state index in [1.807, 2.05) is 26.0 Å². The second kappa shape index (κ2) is 6.45. The normalized spacial score (nSPS) is 20.7. The molecule has 1 aromatic rings. The zero-order chi connectivity index (χ0) is 14.5. The van der Waals surface area contributed by atoms with Gasteiger partial charge in [0.25, 0.3) is 0 Å². The van der Waals surface area contributed by atoms with E-state index in [1.165, 1.54) is 0 Å². The number of furan rings is 1. The standard InChI is InChI=1S/C14H21N3O3/c1-9-6-7-12(20-9)10(2)16-14(19)17-11-5-3-4-8-15-13(11)18/h6-7,10-11H,3-5,8H2,1-2H3,(H,15,18)(H2,16,17,19)/t10-,11+/m0/s1. The summed E-state index contributed by atoms with van der Waals surface area (Å²) < 4.78 is 5.46. The van der Waals surface area contributed by atoms with Crippen molar-refractivity contribution in [1.29, 1.82) is 0 Å². The number of hydrogen-bond acceptors (Lipinski definition) is 3. The van der Waals surface area contributed by atoms with E-state index in [1.54, 1.807) is 0 Å². The van der Waals surface area contributed by atoms with Crippen LogP contribution in [0.2, 0.25) is 0 Å². The molecular weight excluding hydrogens is 258 g/mol. The lowest BCUT2D eigenvalue weighted by Gasteiger charge is -2.18. The molecule has 2 atom stereocenters. The molecule has 6 nitrogen and oxygen atoms in total. The van der Waals surface area contributed by atoms with Gasteiger partial charge in [-0.3, -0.25) is 4.79 Å². The fraction of sp³-hybridized carbons (Fsp3) is 0.571.